The topological polar surface area (TPSA) is 38.8 Å². The summed E-state index contributed by atoms with van der Waals surface area (Å²) in [5.74, 6) is 0.259. The van der Waals surface area contributed by atoms with Gasteiger partial charge in [0.05, 0.1) is 12.7 Å². The number of fused-ring (bicyclic) bond motifs is 1. The molecule has 2 heterocycles. The summed E-state index contributed by atoms with van der Waals surface area (Å²) in [5, 5.41) is 0. The van der Waals surface area contributed by atoms with Crippen molar-refractivity contribution < 1.29 is 14.3 Å². The number of nitrogens with zero attached hydrogens (tertiary/aromatic N) is 1. The second kappa shape index (κ2) is 6.49. The first kappa shape index (κ1) is 15.0. The molecule has 4 nitrogen and oxygen atoms in total. The molecule has 3 rings (SSSR count). The Kier molecular flexibility index (Phi) is 4.65. The molecule has 2 unspecified atom stereocenters. The van der Waals surface area contributed by atoms with Gasteiger partial charge in [0.15, 0.2) is 0 Å². The molecule has 118 valence electrons. The second-order valence-electron chi connectivity index (χ2n) is 6.75. The average molecular weight is 293 g/mol. The molecule has 21 heavy (non-hydrogen) atoms. The van der Waals surface area contributed by atoms with E-state index in [0.717, 1.165) is 63.8 Å². The molecule has 0 aromatic carbocycles. The quantitative estimate of drug-likeness (QED) is 0.802. The third-order valence-corrected chi connectivity index (χ3v) is 5.27. The lowest BCUT2D eigenvalue weighted by atomic mass is 9.73. The Bertz CT molecular complexity index is 416. The van der Waals surface area contributed by atoms with Crippen molar-refractivity contribution in [3.63, 3.8) is 0 Å². The Morgan fingerprint density at radius 1 is 1.48 bits per heavy atom. The molecule has 1 amide bonds. The van der Waals surface area contributed by atoms with Gasteiger partial charge >= 0.3 is 0 Å². The van der Waals surface area contributed by atoms with Gasteiger partial charge in [0.25, 0.3) is 0 Å². The normalized spacial score (nSPS) is 33.3. The van der Waals surface area contributed by atoms with E-state index in [1.54, 1.807) is 7.11 Å². The Morgan fingerprint density at radius 2 is 2.38 bits per heavy atom. The van der Waals surface area contributed by atoms with E-state index in [0.29, 0.717) is 6.61 Å². The van der Waals surface area contributed by atoms with Crippen molar-refractivity contribution in [2.45, 2.75) is 51.0 Å². The summed E-state index contributed by atoms with van der Waals surface area (Å²) in [6, 6.07) is 0. The first-order chi connectivity index (χ1) is 10.2. The summed E-state index contributed by atoms with van der Waals surface area (Å²) in [6.45, 7) is 3.17. The monoisotopic (exact) mass is 293 g/mol. The van der Waals surface area contributed by atoms with E-state index >= 15 is 0 Å². The first-order valence-corrected chi connectivity index (χ1v) is 8.34. The summed E-state index contributed by atoms with van der Waals surface area (Å²) >= 11 is 0. The van der Waals surface area contributed by atoms with Crippen LogP contribution in [0, 0.1) is 5.41 Å². The van der Waals surface area contributed by atoms with Crippen LogP contribution in [0.15, 0.2) is 11.6 Å². The minimum absolute atomic E-state index is 0.0101. The number of piperidine rings is 1. The summed E-state index contributed by atoms with van der Waals surface area (Å²) < 4.78 is 11.5. The molecule has 0 saturated carbocycles. The van der Waals surface area contributed by atoms with Crippen LogP contribution in [-0.2, 0) is 14.3 Å². The van der Waals surface area contributed by atoms with Gasteiger partial charge in [0.1, 0.15) is 0 Å². The van der Waals surface area contributed by atoms with Crippen LogP contribution in [0.1, 0.15) is 44.9 Å². The fraction of sp³-hybridized carbons (Fsp3) is 0.824. The average Bonchev–Trinajstić information content (AvgIpc) is 2.54. The fourth-order valence-electron chi connectivity index (χ4n) is 4.20. The van der Waals surface area contributed by atoms with Crippen LogP contribution in [0.4, 0.5) is 0 Å². The van der Waals surface area contributed by atoms with Gasteiger partial charge in [-0.3, -0.25) is 4.79 Å². The maximum atomic E-state index is 12.8. The lowest BCUT2D eigenvalue weighted by Crippen LogP contribution is -2.58. The number of hydrogen-bond acceptors (Lipinski definition) is 3. The van der Waals surface area contributed by atoms with Crippen molar-refractivity contribution in [2.24, 2.45) is 5.41 Å². The van der Waals surface area contributed by atoms with Crippen LogP contribution in [0.25, 0.3) is 0 Å². The summed E-state index contributed by atoms with van der Waals surface area (Å²) in [7, 11) is 1.75. The number of hydrogen-bond donors (Lipinski definition) is 0. The van der Waals surface area contributed by atoms with Crippen LogP contribution >= 0.6 is 0 Å². The summed E-state index contributed by atoms with van der Waals surface area (Å²) in [6.07, 6.45) is 9.92. The van der Waals surface area contributed by atoms with Crippen LogP contribution in [-0.4, -0.2) is 50.3 Å². The zero-order valence-electron chi connectivity index (χ0n) is 13.1. The highest BCUT2D eigenvalue weighted by Gasteiger charge is 2.47. The van der Waals surface area contributed by atoms with E-state index in [1.807, 2.05) is 0 Å². The fourth-order valence-corrected chi connectivity index (χ4v) is 4.20. The van der Waals surface area contributed by atoms with Gasteiger partial charge in [0, 0.05) is 37.8 Å². The van der Waals surface area contributed by atoms with Crippen LogP contribution in [0.3, 0.4) is 0 Å². The summed E-state index contributed by atoms with van der Waals surface area (Å²) in [5.41, 5.74) is 1.04. The number of likely N-dealkylation sites (tertiary alicyclic amines) is 1. The number of carbonyl (C=O) groups excluding carboxylic acids is 1. The number of ether oxygens (including phenoxy) is 2. The molecule has 0 spiro atoms. The molecule has 0 aromatic rings. The SMILES string of the molecule is COCC12CCCOC1CCN(C(=O)C1=CCCCC1)C2. The maximum Gasteiger partial charge on any atom is 0.249 e. The van der Waals surface area contributed by atoms with Crippen molar-refractivity contribution in [1.82, 2.24) is 4.90 Å². The molecule has 2 fully saturated rings. The molecule has 3 aliphatic rings. The number of methoxy groups -OCH3 is 1. The van der Waals surface area contributed by atoms with Crippen LogP contribution in [0.2, 0.25) is 0 Å². The van der Waals surface area contributed by atoms with E-state index in [1.165, 1.54) is 6.42 Å². The highest BCUT2D eigenvalue weighted by molar-refractivity contribution is 5.93. The Labute approximate surface area is 127 Å². The molecule has 2 aliphatic heterocycles. The van der Waals surface area contributed by atoms with Crippen molar-refractivity contribution in [1.29, 1.82) is 0 Å². The highest BCUT2D eigenvalue weighted by atomic mass is 16.5. The highest BCUT2D eigenvalue weighted by Crippen LogP contribution is 2.40. The van der Waals surface area contributed by atoms with E-state index < -0.39 is 0 Å². The minimum Gasteiger partial charge on any atom is -0.384 e. The van der Waals surface area contributed by atoms with Gasteiger partial charge in [-0.2, -0.15) is 0 Å². The number of allylic oxidation sites excluding steroid dienone is 1. The van der Waals surface area contributed by atoms with Crippen LogP contribution in [0.5, 0.6) is 0 Å². The van der Waals surface area contributed by atoms with E-state index in [4.69, 9.17) is 9.47 Å². The first-order valence-electron chi connectivity index (χ1n) is 8.34. The Morgan fingerprint density at radius 3 is 3.14 bits per heavy atom. The minimum atomic E-state index is 0.0101. The maximum absolute atomic E-state index is 12.8. The lowest BCUT2D eigenvalue weighted by Gasteiger charge is -2.50. The van der Waals surface area contributed by atoms with Crippen molar-refractivity contribution >= 4 is 5.91 Å². The van der Waals surface area contributed by atoms with E-state index in [-0.39, 0.29) is 17.4 Å². The third kappa shape index (κ3) is 3.02. The number of amides is 1. The Hall–Kier alpha value is -0.870. The molecule has 1 aliphatic carbocycles. The zero-order valence-corrected chi connectivity index (χ0v) is 13.1. The van der Waals surface area contributed by atoms with Crippen molar-refractivity contribution in [3.05, 3.63) is 11.6 Å². The summed E-state index contributed by atoms with van der Waals surface area (Å²) in [4.78, 5) is 14.8. The zero-order chi connectivity index (χ0) is 14.7. The van der Waals surface area contributed by atoms with Gasteiger partial charge in [-0.25, -0.2) is 0 Å². The van der Waals surface area contributed by atoms with Gasteiger partial charge in [-0.15, -0.1) is 0 Å². The predicted molar refractivity (Wildman–Crippen MR) is 81.0 cm³/mol. The van der Waals surface area contributed by atoms with Crippen LogP contribution < -0.4 is 0 Å². The second-order valence-corrected chi connectivity index (χ2v) is 6.75. The molecule has 0 bridgehead atoms. The molecule has 4 heteroatoms. The molecule has 0 N–H and O–H groups in total. The van der Waals surface area contributed by atoms with Crippen molar-refractivity contribution in [3.8, 4) is 0 Å². The molecule has 2 atom stereocenters. The Balaban J connectivity index is 1.73. The molecule has 2 saturated heterocycles. The predicted octanol–water partition coefficient (Wildman–Crippen LogP) is 2.53. The standard InChI is InChI=1S/C17H27NO3/c1-20-13-17-9-5-11-21-15(17)8-10-18(12-17)16(19)14-6-3-2-4-7-14/h6,15H,2-5,7-13H2,1H3. The van der Waals surface area contributed by atoms with E-state index in [9.17, 15) is 4.79 Å². The van der Waals surface area contributed by atoms with Gasteiger partial charge < -0.3 is 14.4 Å². The molecular formula is C17H27NO3. The third-order valence-electron chi connectivity index (χ3n) is 5.27. The van der Waals surface area contributed by atoms with E-state index in [2.05, 4.69) is 11.0 Å². The number of carbonyl (C=O) groups is 1. The smallest absolute Gasteiger partial charge is 0.249 e. The molecular weight excluding hydrogens is 266 g/mol. The van der Waals surface area contributed by atoms with Gasteiger partial charge in [-0.05, 0) is 44.9 Å². The number of rotatable bonds is 3. The lowest BCUT2D eigenvalue weighted by molar-refractivity contribution is -0.160. The van der Waals surface area contributed by atoms with Gasteiger partial charge in [0.2, 0.25) is 5.91 Å². The van der Waals surface area contributed by atoms with Crippen molar-refractivity contribution in [2.75, 3.05) is 33.4 Å². The molecule has 0 aromatic heterocycles. The largest absolute Gasteiger partial charge is 0.384 e. The van der Waals surface area contributed by atoms with Gasteiger partial charge in [-0.1, -0.05) is 6.08 Å². The molecule has 0 radical (unpaired) electrons.